The van der Waals surface area contributed by atoms with Gasteiger partial charge in [-0.15, -0.1) is 4.68 Å². The first kappa shape index (κ1) is 16.9. The van der Waals surface area contributed by atoms with Gasteiger partial charge in [0.25, 0.3) is 0 Å². The van der Waals surface area contributed by atoms with E-state index in [1.807, 2.05) is 0 Å². The fraction of sp³-hybridized carbons (Fsp3) is 0.529. The molecule has 1 saturated heterocycles. The van der Waals surface area contributed by atoms with Crippen LogP contribution in [0.2, 0.25) is 0 Å². The van der Waals surface area contributed by atoms with Gasteiger partial charge in [0.05, 0.1) is 0 Å². The predicted molar refractivity (Wildman–Crippen MR) is 88.0 cm³/mol. The number of tetrazole rings is 1. The molecule has 2 aromatic rings. The number of hydrogen-bond donors (Lipinski definition) is 0. The van der Waals surface area contributed by atoms with E-state index in [1.165, 1.54) is 6.07 Å². The number of piperidine rings is 1. The highest BCUT2D eigenvalue weighted by Crippen LogP contribution is 2.35. The van der Waals surface area contributed by atoms with Crippen molar-refractivity contribution in [3.63, 3.8) is 0 Å². The molecule has 4 rings (SSSR count). The third-order valence-electron chi connectivity index (χ3n) is 5.40. The van der Waals surface area contributed by atoms with Gasteiger partial charge in [0.15, 0.2) is 11.6 Å². The molecule has 2 fully saturated rings. The maximum Gasteiger partial charge on any atom is 0.377 e. The molecule has 0 radical (unpaired) electrons. The number of amides is 1. The average Bonchev–Trinajstić information content (AvgIpc) is 3.02. The Morgan fingerprint density at radius 3 is 2.50 bits per heavy atom. The van der Waals surface area contributed by atoms with Crippen LogP contribution in [0.15, 0.2) is 23.0 Å². The summed E-state index contributed by atoms with van der Waals surface area (Å²) in [6.45, 7) is 0.549. The minimum Gasteiger partial charge on any atom is -0.319 e. The molecule has 0 N–H and O–H groups in total. The van der Waals surface area contributed by atoms with Gasteiger partial charge in [0, 0.05) is 12.6 Å². The molecule has 2 heterocycles. The highest BCUT2D eigenvalue weighted by Gasteiger charge is 2.37. The zero-order valence-electron chi connectivity index (χ0n) is 14.1. The van der Waals surface area contributed by atoms with Crippen molar-refractivity contribution in [3.05, 3.63) is 40.3 Å². The van der Waals surface area contributed by atoms with Crippen molar-refractivity contribution in [1.29, 1.82) is 0 Å². The maximum atomic E-state index is 13.9. The van der Waals surface area contributed by atoms with Crippen molar-refractivity contribution in [2.45, 2.75) is 44.6 Å². The second kappa shape index (κ2) is 6.62. The van der Waals surface area contributed by atoms with Crippen LogP contribution in [0.5, 0.6) is 0 Å². The molecule has 26 heavy (non-hydrogen) atoms. The minimum absolute atomic E-state index is 0.0900. The van der Waals surface area contributed by atoms with Gasteiger partial charge in [0.2, 0.25) is 0 Å². The van der Waals surface area contributed by atoms with Gasteiger partial charge >= 0.3 is 11.7 Å². The van der Waals surface area contributed by atoms with Gasteiger partial charge in [-0.05, 0) is 54.2 Å². The van der Waals surface area contributed by atoms with Crippen LogP contribution in [0, 0.1) is 17.6 Å². The Bertz CT molecular complexity index is 871. The molecule has 1 saturated carbocycles. The van der Waals surface area contributed by atoms with Crippen LogP contribution in [0.1, 0.15) is 38.5 Å². The van der Waals surface area contributed by atoms with Crippen LogP contribution in [0.25, 0.3) is 5.69 Å². The van der Waals surface area contributed by atoms with Gasteiger partial charge in [-0.3, -0.25) is 0 Å². The minimum atomic E-state index is -0.975. The first-order valence-electron chi connectivity index (χ1n) is 8.88. The van der Waals surface area contributed by atoms with Crippen LogP contribution in [-0.2, 0) is 0 Å². The Balaban J connectivity index is 1.68. The lowest BCUT2D eigenvalue weighted by Gasteiger charge is -2.43. The summed E-state index contributed by atoms with van der Waals surface area (Å²) in [5.41, 5.74) is -1.61. The smallest absolute Gasteiger partial charge is 0.319 e. The number of aromatic nitrogens is 4. The fourth-order valence-electron chi connectivity index (χ4n) is 4.18. The van der Waals surface area contributed by atoms with Crippen LogP contribution in [0.4, 0.5) is 13.6 Å². The van der Waals surface area contributed by atoms with E-state index in [9.17, 15) is 18.4 Å². The van der Waals surface area contributed by atoms with Gasteiger partial charge in [0.1, 0.15) is 5.69 Å². The molecule has 1 aromatic carbocycles. The standard InChI is InChI=1S/C17H19F2N5O2/c18-12-7-3-8-13(19)15(12)23-17(26)24(21-20-23)16(25)22-10-4-6-11-5-1-2-9-14(11)22/h3,7-8,11,14H,1-2,4-6,9-10H2. The summed E-state index contributed by atoms with van der Waals surface area (Å²) >= 11 is 0. The molecular weight excluding hydrogens is 344 g/mol. The van der Waals surface area contributed by atoms with E-state index < -0.39 is 29.0 Å². The quantitative estimate of drug-likeness (QED) is 0.729. The molecule has 2 aliphatic rings. The normalized spacial score (nSPS) is 22.9. The van der Waals surface area contributed by atoms with Crippen molar-refractivity contribution in [1.82, 2.24) is 24.7 Å². The second-order valence-corrected chi connectivity index (χ2v) is 6.89. The number of benzene rings is 1. The summed E-state index contributed by atoms with van der Waals surface area (Å²) in [6.07, 6.45) is 6.14. The second-order valence-electron chi connectivity index (χ2n) is 6.89. The third-order valence-corrected chi connectivity index (χ3v) is 5.40. The monoisotopic (exact) mass is 363 g/mol. The van der Waals surface area contributed by atoms with Crippen molar-refractivity contribution in [2.75, 3.05) is 6.54 Å². The number of nitrogens with zero attached hydrogens (tertiary/aromatic N) is 5. The molecule has 1 aliphatic carbocycles. The van der Waals surface area contributed by atoms with Gasteiger partial charge < -0.3 is 4.90 Å². The van der Waals surface area contributed by atoms with Crippen LogP contribution in [-0.4, -0.2) is 43.3 Å². The van der Waals surface area contributed by atoms with E-state index in [2.05, 4.69) is 10.4 Å². The number of halogens is 2. The number of carbonyl (C=O) groups is 1. The summed E-state index contributed by atoms with van der Waals surface area (Å²) in [4.78, 5) is 27.1. The van der Waals surface area contributed by atoms with Crippen LogP contribution >= 0.6 is 0 Å². The van der Waals surface area contributed by atoms with E-state index in [4.69, 9.17) is 0 Å². The maximum absolute atomic E-state index is 13.9. The number of fused-ring (bicyclic) bond motifs is 1. The van der Waals surface area contributed by atoms with E-state index in [0.29, 0.717) is 21.8 Å². The number of carbonyl (C=O) groups excluding carboxylic acids is 1. The zero-order valence-corrected chi connectivity index (χ0v) is 14.1. The van der Waals surface area contributed by atoms with Gasteiger partial charge in [-0.2, -0.15) is 4.68 Å². The lowest BCUT2D eigenvalue weighted by atomic mass is 9.78. The molecule has 2 unspecified atom stereocenters. The first-order valence-corrected chi connectivity index (χ1v) is 8.88. The Kier molecular flexibility index (Phi) is 4.29. The van der Waals surface area contributed by atoms with Crippen molar-refractivity contribution in [2.24, 2.45) is 5.92 Å². The third kappa shape index (κ3) is 2.71. The fourth-order valence-corrected chi connectivity index (χ4v) is 4.18. The Hall–Kier alpha value is -2.58. The van der Waals surface area contributed by atoms with E-state index in [1.54, 1.807) is 4.90 Å². The van der Waals surface area contributed by atoms with Crippen molar-refractivity contribution >= 4 is 6.03 Å². The molecule has 1 aromatic heterocycles. The highest BCUT2D eigenvalue weighted by atomic mass is 19.1. The Morgan fingerprint density at radius 2 is 1.73 bits per heavy atom. The van der Waals surface area contributed by atoms with Gasteiger partial charge in [-0.1, -0.05) is 18.9 Å². The summed E-state index contributed by atoms with van der Waals surface area (Å²) in [5, 5.41) is 7.10. The molecule has 7 nitrogen and oxygen atoms in total. The molecule has 0 bridgehead atoms. The predicted octanol–water partition coefficient (Wildman–Crippen LogP) is 2.33. The lowest BCUT2D eigenvalue weighted by molar-refractivity contribution is 0.0828. The molecule has 2 atom stereocenters. The molecule has 1 amide bonds. The van der Waals surface area contributed by atoms with Crippen LogP contribution < -0.4 is 5.69 Å². The number of para-hydroxylation sites is 1. The van der Waals surface area contributed by atoms with E-state index in [-0.39, 0.29) is 6.04 Å². The number of likely N-dealkylation sites (tertiary alicyclic amines) is 1. The Labute approximate surface area is 148 Å². The first-order chi connectivity index (χ1) is 12.6. The largest absolute Gasteiger partial charge is 0.377 e. The topological polar surface area (TPSA) is 73.0 Å². The summed E-state index contributed by atoms with van der Waals surface area (Å²) in [5.74, 6) is -1.45. The molecule has 138 valence electrons. The van der Waals surface area contributed by atoms with Crippen molar-refractivity contribution < 1.29 is 13.6 Å². The van der Waals surface area contributed by atoms with Crippen molar-refractivity contribution in [3.8, 4) is 5.69 Å². The number of hydrogen-bond acceptors (Lipinski definition) is 4. The summed E-state index contributed by atoms with van der Waals surface area (Å²) in [7, 11) is 0. The Morgan fingerprint density at radius 1 is 1.04 bits per heavy atom. The SMILES string of the molecule is O=C(N1CCCC2CCCCC21)n1nnn(-c2c(F)cccc2F)c1=O. The van der Waals surface area contributed by atoms with Gasteiger partial charge in [-0.25, -0.2) is 18.4 Å². The molecule has 9 heteroatoms. The average molecular weight is 363 g/mol. The molecular formula is C17H19F2N5O2. The summed E-state index contributed by atoms with van der Waals surface area (Å²) in [6, 6.07) is 2.74. The summed E-state index contributed by atoms with van der Waals surface area (Å²) < 4.78 is 29.0. The van der Waals surface area contributed by atoms with E-state index >= 15 is 0 Å². The highest BCUT2D eigenvalue weighted by molar-refractivity contribution is 5.76. The number of rotatable bonds is 1. The zero-order chi connectivity index (χ0) is 18.3. The lowest BCUT2D eigenvalue weighted by Crippen LogP contribution is -2.52. The van der Waals surface area contributed by atoms with E-state index in [0.717, 1.165) is 50.7 Å². The van der Waals surface area contributed by atoms with Crippen LogP contribution in [0.3, 0.4) is 0 Å². The molecule has 1 aliphatic heterocycles. The molecule has 0 spiro atoms.